The fourth-order valence-corrected chi connectivity index (χ4v) is 3.43. The number of rotatable bonds is 2. The average molecular weight is 405 g/mol. The largest absolute Gasteiger partial charge is 0.444 e. The second-order valence-electron chi connectivity index (χ2n) is 7.96. The van der Waals surface area contributed by atoms with E-state index in [4.69, 9.17) is 16.3 Å². The number of amides is 2. The van der Waals surface area contributed by atoms with E-state index in [-0.39, 0.29) is 12.0 Å². The normalized spacial score (nSPS) is 13.9. The molecule has 3 rings (SSSR count). The zero-order chi connectivity index (χ0) is 20.6. The third kappa shape index (κ3) is 4.30. The Morgan fingerprint density at radius 1 is 1.29 bits per heavy atom. The lowest BCUT2D eigenvalue weighted by Gasteiger charge is -2.30. The highest BCUT2D eigenvalue weighted by molar-refractivity contribution is 6.30. The molecule has 0 bridgehead atoms. The zero-order valence-corrected chi connectivity index (χ0v) is 17.6. The number of halogens is 1. The molecule has 0 saturated carbocycles. The van der Waals surface area contributed by atoms with Gasteiger partial charge in [0.15, 0.2) is 5.69 Å². The van der Waals surface area contributed by atoms with Crippen LogP contribution in [0.25, 0.3) is 0 Å². The molecule has 0 unspecified atom stereocenters. The van der Waals surface area contributed by atoms with E-state index in [1.165, 1.54) is 0 Å². The molecule has 0 saturated heterocycles. The molecule has 2 aromatic rings. The van der Waals surface area contributed by atoms with Crippen LogP contribution in [0.3, 0.4) is 0 Å². The van der Waals surface area contributed by atoms with Gasteiger partial charge in [0, 0.05) is 42.0 Å². The Bertz CT molecular complexity index is 930. The summed E-state index contributed by atoms with van der Waals surface area (Å²) in [4.78, 5) is 26.9. The molecule has 2 heterocycles. The molecule has 2 amide bonds. The number of anilines is 1. The van der Waals surface area contributed by atoms with Crippen LogP contribution in [0.15, 0.2) is 18.2 Å². The molecule has 1 aliphatic rings. The van der Waals surface area contributed by atoms with Crippen LogP contribution in [-0.4, -0.2) is 38.8 Å². The zero-order valence-electron chi connectivity index (χ0n) is 16.8. The predicted molar refractivity (Wildman–Crippen MR) is 108 cm³/mol. The van der Waals surface area contributed by atoms with E-state index in [1.807, 2.05) is 34.7 Å². The highest BCUT2D eigenvalue weighted by atomic mass is 35.5. The maximum Gasteiger partial charge on any atom is 0.410 e. The lowest BCUT2D eigenvalue weighted by Crippen LogP contribution is -2.40. The van der Waals surface area contributed by atoms with Crippen LogP contribution >= 0.6 is 11.6 Å². The number of nitrogens with zero attached hydrogens (tertiary/aromatic N) is 3. The lowest BCUT2D eigenvalue weighted by molar-refractivity contribution is 0.0222. The molecule has 150 valence electrons. The Morgan fingerprint density at radius 2 is 2.00 bits per heavy atom. The minimum absolute atomic E-state index is 0.292. The van der Waals surface area contributed by atoms with Gasteiger partial charge in [-0.2, -0.15) is 5.10 Å². The van der Waals surface area contributed by atoms with E-state index in [9.17, 15) is 9.59 Å². The number of hydrogen-bond acceptors (Lipinski definition) is 4. The Kier molecular flexibility index (Phi) is 5.39. The van der Waals surface area contributed by atoms with Crippen molar-refractivity contribution in [2.75, 3.05) is 11.9 Å². The summed E-state index contributed by atoms with van der Waals surface area (Å²) in [6, 6.07) is 5.27. The molecule has 1 aliphatic heterocycles. The minimum atomic E-state index is -0.571. The molecular formula is C20H25ClN4O3. The maximum atomic E-state index is 12.9. The molecule has 7 nitrogen and oxygen atoms in total. The van der Waals surface area contributed by atoms with Crippen LogP contribution in [0, 0.1) is 6.92 Å². The molecule has 1 N–H and O–H groups in total. The molecule has 0 atom stereocenters. The van der Waals surface area contributed by atoms with Gasteiger partial charge in [0.2, 0.25) is 0 Å². The molecule has 0 radical (unpaired) electrons. The van der Waals surface area contributed by atoms with Crippen molar-refractivity contribution in [3.63, 3.8) is 0 Å². The van der Waals surface area contributed by atoms with E-state index in [1.54, 1.807) is 27.8 Å². The van der Waals surface area contributed by atoms with Gasteiger partial charge in [-0.15, -0.1) is 0 Å². The van der Waals surface area contributed by atoms with Gasteiger partial charge in [-0.3, -0.25) is 9.48 Å². The predicted octanol–water partition coefficient (Wildman–Crippen LogP) is 3.93. The summed E-state index contributed by atoms with van der Waals surface area (Å²) < 4.78 is 7.18. The van der Waals surface area contributed by atoms with Crippen molar-refractivity contribution in [3.8, 4) is 0 Å². The number of carbonyl (C=O) groups excluding carboxylic acids is 2. The Balaban J connectivity index is 1.83. The van der Waals surface area contributed by atoms with Gasteiger partial charge in [-0.25, -0.2) is 4.79 Å². The van der Waals surface area contributed by atoms with Crippen LogP contribution in [0.5, 0.6) is 0 Å². The Labute approximate surface area is 169 Å². The second-order valence-corrected chi connectivity index (χ2v) is 8.40. The van der Waals surface area contributed by atoms with E-state index in [0.717, 1.165) is 16.8 Å². The number of nitrogens with one attached hydrogen (secondary N) is 1. The monoisotopic (exact) mass is 404 g/mol. The number of ether oxygens (including phenoxy) is 1. The SMILES string of the molecule is Cc1cc(Cl)ccc1NC(=O)c1nn(C)c2c1CN(C(=O)OC(C)(C)C)CC2. The molecule has 0 spiro atoms. The summed E-state index contributed by atoms with van der Waals surface area (Å²) >= 11 is 5.98. The third-order valence-electron chi connectivity index (χ3n) is 4.55. The smallest absolute Gasteiger partial charge is 0.410 e. The van der Waals surface area contributed by atoms with Crippen LogP contribution in [0.2, 0.25) is 5.02 Å². The number of fused-ring (bicyclic) bond motifs is 1. The van der Waals surface area contributed by atoms with Crippen LogP contribution in [-0.2, 0) is 24.8 Å². The second kappa shape index (κ2) is 7.47. The highest BCUT2D eigenvalue weighted by Crippen LogP contribution is 2.26. The Hall–Kier alpha value is -2.54. The first-order valence-electron chi connectivity index (χ1n) is 9.15. The van der Waals surface area contributed by atoms with E-state index in [0.29, 0.717) is 35.9 Å². The first kappa shape index (κ1) is 20.2. The van der Waals surface area contributed by atoms with E-state index < -0.39 is 5.60 Å². The number of benzene rings is 1. The number of hydrogen-bond donors (Lipinski definition) is 1. The van der Waals surface area contributed by atoms with E-state index >= 15 is 0 Å². The van der Waals surface area contributed by atoms with Crippen molar-refractivity contribution in [3.05, 3.63) is 45.7 Å². The van der Waals surface area contributed by atoms with Gasteiger partial charge >= 0.3 is 6.09 Å². The molecular weight excluding hydrogens is 380 g/mol. The van der Waals surface area contributed by atoms with Gasteiger partial charge in [-0.05, 0) is 51.5 Å². The van der Waals surface area contributed by atoms with Crippen LogP contribution in [0.4, 0.5) is 10.5 Å². The van der Waals surface area contributed by atoms with Crippen molar-refractivity contribution in [2.24, 2.45) is 7.05 Å². The van der Waals surface area contributed by atoms with Crippen LogP contribution < -0.4 is 5.32 Å². The summed E-state index contributed by atoms with van der Waals surface area (Å²) in [6.45, 7) is 8.19. The summed E-state index contributed by atoms with van der Waals surface area (Å²) in [5, 5.41) is 7.91. The summed E-state index contributed by atoms with van der Waals surface area (Å²) in [5.74, 6) is -0.312. The average Bonchev–Trinajstić information content (AvgIpc) is 2.92. The fraction of sp³-hybridized carbons (Fsp3) is 0.450. The van der Waals surface area contributed by atoms with Crippen molar-refractivity contribution < 1.29 is 14.3 Å². The third-order valence-corrected chi connectivity index (χ3v) is 4.78. The first-order chi connectivity index (χ1) is 13.0. The highest BCUT2D eigenvalue weighted by Gasteiger charge is 2.31. The molecule has 28 heavy (non-hydrogen) atoms. The molecule has 1 aromatic heterocycles. The fourth-order valence-electron chi connectivity index (χ4n) is 3.21. The van der Waals surface area contributed by atoms with Crippen molar-refractivity contribution in [2.45, 2.75) is 46.3 Å². The lowest BCUT2D eigenvalue weighted by atomic mass is 10.0. The maximum absolute atomic E-state index is 12.9. The molecule has 1 aromatic carbocycles. The van der Waals surface area contributed by atoms with E-state index in [2.05, 4.69) is 10.4 Å². The molecule has 0 aliphatic carbocycles. The summed E-state index contributed by atoms with van der Waals surface area (Å²) in [5.41, 5.74) is 3.00. The summed E-state index contributed by atoms with van der Waals surface area (Å²) in [7, 11) is 1.81. The van der Waals surface area contributed by atoms with Crippen LogP contribution in [0.1, 0.15) is 48.1 Å². The van der Waals surface area contributed by atoms with Gasteiger partial charge in [0.25, 0.3) is 5.91 Å². The van der Waals surface area contributed by atoms with Gasteiger partial charge in [-0.1, -0.05) is 11.6 Å². The number of aryl methyl sites for hydroxylation is 2. The molecule has 8 heteroatoms. The number of aromatic nitrogens is 2. The van der Waals surface area contributed by atoms with Gasteiger partial charge in [0.1, 0.15) is 5.60 Å². The van der Waals surface area contributed by atoms with Crippen molar-refractivity contribution >= 4 is 29.3 Å². The van der Waals surface area contributed by atoms with Crippen molar-refractivity contribution in [1.82, 2.24) is 14.7 Å². The minimum Gasteiger partial charge on any atom is -0.444 e. The topological polar surface area (TPSA) is 76.5 Å². The van der Waals surface area contributed by atoms with Gasteiger partial charge < -0.3 is 15.0 Å². The quantitative estimate of drug-likeness (QED) is 0.822. The standard InChI is InChI=1S/C20H25ClN4O3/c1-12-10-13(21)6-7-15(12)22-18(26)17-14-11-25(19(27)28-20(2,3)4)9-8-16(14)24(5)23-17/h6-7,10H,8-9,11H2,1-5H3,(H,22,26). The number of carbonyl (C=O) groups is 2. The van der Waals surface area contributed by atoms with Crippen molar-refractivity contribution in [1.29, 1.82) is 0 Å². The molecule has 0 fully saturated rings. The van der Waals surface area contributed by atoms with Gasteiger partial charge in [0.05, 0.1) is 6.54 Å². The first-order valence-corrected chi connectivity index (χ1v) is 9.53. The summed E-state index contributed by atoms with van der Waals surface area (Å²) in [6.07, 6.45) is 0.229. The Morgan fingerprint density at radius 3 is 2.64 bits per heavy atom.